The van der Waals surface area contributed by atoms with Gasteiger partial charge in [0.25, 0.3) is 5.91 Å². The first kappa shape index (κ1) is 20.6. The van der Waals surface area contributed by atoms with Crippen molar-refractivity contribution in [2.24, 2.45) is 0 Å². The molecule has 0 heterocycles. The third kappa shape index (κ3) is 5.13. The van der Waals surface area contributed by atoms with E-state index >= 15 is 0 Å². The molecule has 1 atom stereocenters. The number of hydrogen-bond donors (Lipinski definition) is 1. The van der Waals surface area contributed by atoms with Crippen molar-refractivity contribution in [2.45, 2.75) is 13.0 Å². The van der Waals surface area contributed by atoms with Crippen LogP contribution in [-0.2, 0) is 9.53 Å². The molecule has 0 aliphatic carbocycles. The second kappa shape index (κ2) is 9.27. The van der Waals surface area contributed by atoms with Gasteiger partial charge in [0.1, 0.15) is 5.75 Å². The summed E-state index contributed by atoms with van der Waals surface area (Å²) < 4.78 is 21.7. The van der Waals surface area contributed by atoms with Crippen LogP contribution in [0.25, 0.3) is 0 Å². The van der Waals surface area contributed by atoms with Gasteiger partial charge in [-0.3, -0.25) is 4.79 Å². The standard InChI is InChI=1S/C19H20BrNO6/c1-11(27-13-7-5-12(20)6-8-13)18(22)21-15-10-17(25-3)16(24-2)9-14(15)19(23)26-4/h5-11H,1-4H3,(H,21,22)/t11-/m0/s1. The molecule has 0 unspecified atom stereocenters. The summed E-state index contributed by atoms with van der Waals surface area (Å²) >= 11 is 3.34. The van der Waals surface area contributed by atoms with Crippen LogP contribution in [0, 0.1) is 0 Å². The van der Waals surface area contributed by atoms with Gasteiger partial charge in [-0.15, -0.1) is 0 Å². The molecule has 1 amide bonds. The number of amides is 1. The minimum absolute atomic E-state index is 0.138. The van der Waals surface area contributed by atoms with E-state index in [2.05, 4.69) is 21.2 Å². The quantitative estimate of drug-likeness (QED) is 0.665. The van der Waals surface area contributed by atoms with Crippen molar-refractivity contribution >= 4 is 33.5 Å². The van der Waals surface area contributed by atoms with E-state index in [0.717, 1.165) is 4.47 Å². The van der Waals surface area contributed by atoms with E-state index in [-0.39, 0.29) is 11.3 Å². The molecule has 0 fully saturated rings. The fourth-order valence-electron chi connectivity index (χ4n) is 2.27. The van der Waals surface area contributed by atoms with Crippen LogP contribution in [-0.4, -0.2) is 39.3 Å². The van der Waals surface area contributed by atoms with Crippen LogP contribution >= 0.6 is 15.9 Å². The number of methoxy groups -OCH3 is 3. The number of nitrogens with one attached hydrogen (secondary N) is 1. The van der Waals surface area contributed by atoms with Gasteiger partial charge in [-0.25, -0.2) is 4.79 Å². The fraction of sp³-hybridized carbons (Fsp3) is 0.263. The average Bonchev–Trinajstić information content (AvgIpc) is 2.68. The molecular weight excluding hydrogens is 418 g/mol. The Morgan fingerprint density at radius 3 is 2.15 bits per heavy atom. The Kier molecular flexibility index (Phi) is 7.06. The molecule has 0 aromatic heterocycles. The first-order valence-electron chi connectivity index (χ1n) is 7.97. The Bertz CT molecular complexity index is 822. The number of carbonyl (C=O) groups excluding carboxylic acids is 2. The largest absolute Gasteiger partial charge is 0.493 e. The highest BCUT2D eigenvalue weighted by atomic mass is 79.9. The van der Waals surface area contributed by atoms with Crippen molar-refractivity contribution in [3.63, 3.8) is 0 Å². The van der Waals surface area contributed by atoms with Crippen molar-refractivity contribution in [3.8, 4) is 17.2 Å². The molecular formula is C19H20BrNO6. The maximum absolute atomic E-state index is 12.5. The summed E-state index contributed by atoms with van der Waals surface area (Å²) in [6.07, 6.45) is -0.801. The van der Waals surface area contributed by atoms with Gasteiger partial charge in [-0.05, 0) is 31.2 Å². The summed E-state index contributed by atoms with van der Waals surface area (Å²) in [5.41, 5.74) is 0.370. The lowest BCUT2D eigenvalue weighted by molar-refractivity contribution is -0.122. The number of benzene rings is 2. The number of anilines is 1. The summed E-state index contributed by atoms with van der Waals surface area (Å²) in [5, 5.41) is 2.67. The minimum atomic E-state index is -0.801. The predicted molar refractivity (Wildman–Crippen MR) is 104 cm³/mol. The molecule has 144 valence electrons. The number of halogens is 1. The highest BCUT2D eigenvalue weighted by Crippen LogP contribution is 2.34. The Balaban J connectivity index is 2.24. The van der Waals surface area contributed by atoms with Crippen molar-refractivity contribution in [3.05, 3.63) is 46.4 Å². The van der Waals surface area contributed by atoms with Crippen molar-refractivity contribution in [1.82, 2.24) is 0 Å². The van der Waals surface area contributed by atoms with Crippen LogP contribution in [0.15, 0.2) is 40.9 Å². The summed E-state index contributed by atoms with van der Waals surface area (Å²) in [6, 6.07) is 10.0. The zero-order valence-electron chi connectivity index (χ0n) is 15.4. The van der Waals surface area contributed by atoms with Crippen molar-refractivity contribution in [2.75, 3.05) is 26.6 Å². The lowest BCUT2D eigenvalue weighted by atomic mass is 10.1. The van der Waals surface area contributed by atoms with Crippen LogP contribution in [0.1, 0.15) is 17.3 Å². The second-order valence-corrected chi connectivity index (χ2v) is 6.36. The third-order valence-electron chi connectivity index (χ3n) is 3.68. The zero-order chi connectivity index (χ0) is 20.0. The lowest BCUT2D eigenvalue weighted by Gasteiger charge is -2.18. The Morgan fingerprint density at radius 2 is 1.59 bits per heavy atom. The SMILES string of the molecule is COC(=O)c1cc(OC)c(OC)cc1NC(=O)[C@H](C)Oc1ccc(Br)cc1. The maximum Gasteiger partial charge on any atom is 0.340 e. The van der Waals surface area contributed by atoms with E-state index in [9.17, 15) is 9.59 Å². The Hall–Kier alpha value is -2.74. The first-order valence-corrected chi connectivity index (χ1v) is 8.76. The molecule has 0 bridgehead atoms. The maximum atomic E-state index is 12.5. The normalized spacial score (nSPS) is 11.3. The van der Waals surface area contributed by atoms with Gasteiger partial charge in [0.05, 0.1) is 32.6 Å². The fourth-order valence-corrected chi connectivity index (χ4v) is 2.53. The number of ether oxygens (including phenoxy) is 4. The van der Waals surface area contributed by atoms with Crippen molar-refractivity contribution in [1.29, 1.82) is 0 Å². The topological polar surface area (TPSA) is 83.1 Å². The van der Waals surface area contributed by atoms with E-state index in [4.69, 9.17) is 18.9 Å². The second-order valence-electron chi connectivity index (χ2n) is 5.45. The van der Waals surface area contributed by atoms with Gasteiger partial charge >= 0.3 is 5.97 Å². The molecule has 0 aliphatic heterocycles. The predicted octanol–water partition coefficient (Wildman–Crippen LogP) is 3.66. The third-order valence-corrected chi connectivity index (χ3v) is 4.21. The molecule has 2 aromatic carbocycles. The monoisotopic (exact) mass is 437 g/mol. The molecule has 0 saturated heterocycles. The highest BCUT2D eigenvalue weighted by molar-refractivity contribution is 9.10. The van der Waals surface area contributed by atoms with Crippen LogP contribution in [0.2, 0.25) is 0 Å². The van der Waals surface area contributed by atoms with E-state index in [1.165, 1.54) is 33.5 Å². The van der Waals surface area contributed by atoms with Gasteiger partial charge in [0, 0.05) is 16.6 Å². The summed E-state index contributed by atoms with van der Waals surface area (Å²) in [7, 11) is 4.16. The van der Waals surface area contributed by atoms with Gasteiger partial charge in [-0.2, -0.15) is 0 Å². The van der Waals surface area contributed by atoms with Crippen LogP contribution in [0.5, 0.6) is 17.2 Å². The highest BCUT2D eigenvalue weighted by Gasteiger charge is 2.22. The number of esters is 1. The summed E-state index contributed by atoms with van der Waals surface area (Å²) in [5.74, 6) is 0.196. The molecule has 0 radical (unpaired) electrons. The van der Waals surface area contributed by atoms with Gasteiger partial charge in [0.2, 0.25) is 0 Å². The lowest BCUT2D eigenvalue weighted by Crippen LogP contribution is -2.30. The average molecular weight is 438 g/mol. The zero-order valence-corrected chi connectivity index (χ0v) is 17.0. The van der Waals surface area contributed by atoms with Crippen molar-refractivity contribution < 1.29 is 28.5 Å². The molecule has 0 spiro atoms. The van der Waals surface area contributed by atoms with Gasteiger partial charge < -0.3 is 24.3 Å². The molecule has 2 rings (SSSR count). The smallest absolute Gasteiger partial charge is 0.340 e. The number of hydrogen-bond acceptors (Lipinski definition) is 6. The molecule has 1 N–H and O–H groups in total. The van der Waals surface area contributed by atoms with E-state index < -0.39 is 18.0 Å². The minimum Gasteiger partial charge on any atom is -0.493 e. The number of carbonyl (C=O) groups is 2. The van der Waals surface area contributed by atoms with E-state index in [1.54, 1.807) is 19.1 Å². The molecule has 27 heavy (non-hydrogen) atoms. The molecule has 0 saturated carbocycles. The van der Waals surface area contributed by atoms with Crippen LogP contribution in [0.3, 0.4) is 0 Å². The molecule has 8 heteroatoms. The van der Waals surface area contributed by atoms with E-state index in [1.807, 2.05) is 12.1 Å². The Labute approximate surface area is 165 Å². The van der Waals surface area contributed by atoms with E-state index in [0.29, 0.717) is 17.2 Å². The summed E-state index contributed by atoms with van der Waals surface area (Å²) in [4.78, 5) is 24.6. The molecule has 7 nitrogen and oxygen atoms in total. The van der Waals surface area contributed by atoms with Gasteiger partial charge in [0.15, 0.2) is 17.6 Å². The van der Waals surface area contributed by atoms with Crippen LogP contribution in [0.4, 0.5) is 5.69 Å². The van der Waals surface area contributed by atoms with Gasteiger partial charge in [-0.1, -0.05) is 15.9 Å². The molecule has 0 aliphatic rings. The first-order chi connectivity index (χ1) is 12.9. The Morgan fingerprint density at radius 1 is 1.00 bits per heavy atom. The van der Waals surface area contributed by atoms with Crippen LogP contribution < -0.4 is 19.5 Å². The molecule has 2 aromatic rings. The summed E-state index contributed by atoms with van der Waals surface area (Å²) in [6.45, 7) is 1.61. The number of rotatable bonds is 7.